The van der Waals surface area contributed by atoms with Crippen LogP contribution in [0.15, 0.2) is 48.5 Å². The molecule has 0 bridgehead atoms. The van der Waals surface area contributed by atoms with E-state index in [1.54, 1.807) is 42.2 Å². The third kappa shape index (κ3) is 5.14. The van der Waals surface area contributed by atoms with Crippen molar-refractivity contribution in [2.75, 3.05) is 19.7 Å². The van der Waals surface area contributed by atoms with E-state index in [2.05, 4.69) is 6.07 Å². The Bertz CT molecular complexity index is 919. The van der Waals surface area contributed by atoms with Gasteiger partial charge in [-0.2, -0.15) is 5.26 Å². The Hall–Kier alpha value is -3.33. The fraction of sp³-hybridized carbons (Fsp3) is 0.348. The Labute approximate surface area is 170 Å². The maximum atomic E-state index is 12.9. The number of nitriles is 1. The van der Waals surface area contributed by atoms with Crippen molar-refractivity contribution in [1.29, 1.82) is 5.26 Å². The van der Waals surface area contributed by atoms with Gasteiger partial charge in [0.05, 0.1) is 24.2 Å². The van der Waals surface area contributed by atoms with E-state index in [1.165, 1.54) is 0 Å². The van der Waals surface area contributed by atoms with Gasteiger partial charge in [0, 0.05) is 24.2 Å². The van der Waals surface area contributed by atoms with Crippen LogP contribution in [-0.4, -0.2) is 36.5 Å². The Morgan fingerprint density at radius 2 is 2.03 bits per heavy atom. The molecule has 1 amide bonds. The molecular weight excluding hydrogens is 368 g/mol. The summed E-state index contributed by atoms with van der Waals surface area (Å²) in [5.74, 6) is -0.0720. The van der Waals surface area contributed by atoms with Gasteiger partial charge in [-0.3, -0.25) is 9.59 Å². The van der Waals surface area contributed by atoms with Gasteiger partial charge in [0.1, 0.15) is 12.4 Å². The molecule has 150 valence electrons. The van der Waals surface area contributed by atoms with E-state index in [0.717, 1.165) is 18.4 Å². The topological polar surface area (TPSA) is 79.6 Å². The molecule has 3 rings (SSSR count). The van der Waals surface area contributed by atoms with E-state index < -0.39 is 0 Å². The summed E-state index contributed by atoms with van der Waals surface area (Å²) in [6.07, 6.45) is 1.51. The summed E-state index contributed by atoms with van der Waals surface area (Å²) in [6, 6.07) is 16.4. The van der Waals surface area contributed by atoms with Crippen molar-refractivity contribution < 1.29 is 19.1 Å². The third-order valence-corrected chi connectivity index (χ3v) is 4.94. The molecular formula is C23H24N2O4. The highest BCUT2D eigenvalue weighted by Crippen LogP contribution is 2.22. The predicted molar refractivity (Wildman–Crippen MR) is 107 cm³/mol. The highest BCUT2D eigenvalue weighted by atomic mass is 16.5. The van der Waals surface area contributed by atoms with E-state index in [1.807, 2.05) is 18.2 Å². The summed E-state index contributed by atoms with van der Waals surface area (Å²) in [7, 11) is 0. The van der Waals surface area contributed by atoms with Crippen molar-refractivity contribution in [2.45, 2.75) is 26.4 Å². The summed E-state index contributed by atoms with van der Waals surface area (Å²) < 4.78 is 10.9. The van der Waals surface area contributed by atoms with Crippen LogP contribution < -0.4 is 4.74 Å². The van der Waals surface area contributed by atoms with Crippen molar-refractivity contribution in [3.05, 3.63) is 65.2 Å². The highest BCUT2D eigenvalue weighted by molar-refractivity contribution is 5.95. The first-order valence-electron chi connectivity index (χ1n) is 9.79. The molecule has 1 heterocycles. The smallest absolute Gasteiger partial charge is 0.310 e. The molecule has 1 aliphatic heterocycles. The summed E-state index contributed by atoms with van der Waals surface area (Å²) >= 11 is 0. The molecule has 1 aliphatic rings. The fourth-order valence-electron chi connectivity index (χ4n) is 3.43. The lowest BCUT2D eigenvalue weighted by Crippen LogP contribution is -2.42. The van der Waals surface area contributed by atoms with Crippen LogP contribution in [0.3, 0.4) is 0 Å². The molecule has 0 spiro atoms. The molecule has 2 aromatic rings. The van der Waals surface area contributed by atoms with Crippen molar-refractivity contribution >= 4 is 11.9 Å². The van der Waals surface area contributed by atoms with Gasteiger partial charge >= 0.3 is 5.97 Å². The van der Waals surface area contributed by atoms with Gasteiger partial charge in [0.2, 0.25) is 0 Å². The quantitative estimate of drug-likeness (QED) is 0.703. The monoisotopic (exact) mass is 392 g/mol. The van der Waals surface area contributed by atoms with Crippen LogP contribution in [-0.2, 0) is 16.1 Å². The molecule has 0 saturated carbocycles. The highest BCUT2D eigenvalue weighted by Gasteiger charge is 2.29. The Kier molecular flexibility index (Phi) is 6.85. The molecule has 0 aliphatic carbocycles. The Morgan fingerprint density at radius 3 is 2.83 bits per heavy atom. The zero-order valence-electron chi connectivity index (χ0n) is 16.5. The summed E-state index contributed by atoms with van der Waals surface area (Å²) in [4.78, 5) is 26.7. The maximum absolute atomic E-state index is 12.9. The van der Waals surface area contributed by atoms with E-state index in [4.69, 9.17) is 9.47 Å². The summed E-state index contributed by atoms with van der Waals surface area (Å²) in [5.41, 5.74) is 1.87. The lowest BCUT2D eigenvalue weighted by Gasteiger charge is -2.31. The molecule has 1 saturated heterocycles. The third-order valence-electron chi connectivity index (χ3n) is 4.94. The number of hydrogen-bond acceptors (Lipinski definition) is 5. The standard InChI is InChI=1S/C23H24N2O4/c1-2-28-23(27)19-10-6-12-25(15-19)22(26)17-9-5-11-21(13-17)29-16-20-8-4-3-7-18(20)14-24/h3-5,7-9,11,13,19H,2,6,10,12,15-16H2,1H3. The number of amides is 1. The second-order valence-electron chi connectivity index (χ2n) is 6.93. The summed E-state index contributed by atoms with van der Waals surface area (Å²) in [6.45, 7) is 3.37. The first-order valence-corrected chi connectivity index (χ1v) is 9.79. The van der Waals surface area contributed by atoms with Gasteiger partial charge in [0.15, 0.2) is 0 Å². The van der Waals surface area contributed by atoms with Gasteiger partial charge in [0.25, 0.3) is 5.91 Å². The number of ether oxygens (including phenoxy) is 2. The molecule has 6 nitrogen and oxygen atoms in total. The van der Waals surface area contributed by atoms with Crippen LogP contribution in [0, 0.1) is 17.2 Å². The van der Waals surface area contributed by atoms with Gasteiger partial charge in [-0.1, -0.05) is 24.3 Å². The average molecular weight is 392 g/mol. The molecule has 0 N–H and O–H groups in total. The predicted octanol–water partition coefficient (Wildman–Crippen LogP) is 3.55. The zero-order chi connectivity index (χ0) is 20.6. The number of esters is 1. The van der Waals surface area contributed by atoms with Crippen molar-refractivity contribution in [3.8, 4) is 11.8 Å². The number of benzene rings is 2. The SMILES string of the molecule is CCOC(=O)C1CCCN(C(=O)c2cccc(OCc3ccccc3C#N)c2)C1. The maximum Gasteiger partial charge on any atom is 0.310 e. The van der Waals surface area contributed by atoms with Gasteiger partial charge in [-0.05, 0) is 44.0 Å². The van der Waals surface area contributed by atoms with Crippen molar-refractivity contribution in [1.82, 2.24) is 4.90 Å². The zero-order valence-corrected chi connectivity index (χ0v) is 16.5. The number of carbonyl (C=O) groups is 2. The fourth-order valence-corrected chi connectivity index (χ4v) is 3.43. The second kappa shape index (κ2) is 9.74. The van der Waals surface area contributed by atoms with Crippen molar-refractivity contribution in [3.63, 3.8) is 0 Å². The lowest BCUT2D eigenvalue weighted by atomic mass is 9.97. The number of nitrogens with zero attached hydrogens (tertiary/aromatic N) is 2. The first kappa shape index (κ1) is 20.4. The van der Waals surface area contributed by atoms with Gasteiger partial charge in [-0.25, -0.2) is 0 Å². The molecule has 6 heteroatoms. The number of rotatable bonds is 6. The van der Waals surface area contributed by atoms with Gasteiger partial charge < -0.3 is 14.4 Å². The Balaban J connectivity index is 1.66. The first-order chi connectivity index (χ1) is 14.1. The van der Waals surface area contributed by atoms with Crippen LogP contribution in [0.1, 0.15) is 41.3 Å². The lowest BCUT2D eigenvalue weighted by molar-refractivity contribution is -0.149. The molecule has 0 aromatic heterocycles. The van der Waals surface area contributed by atoms with Crippen LogP contribution in [0.2, 0.25) is 0 Å². The number of carbonyl (C=O) groups excluding carboxylic acids is 2. The minimum Gasteiger partial charge on any atom is -0.489 e. The average Bonchev–Trinajstić information content (AvgIpc) is 2.77. The molecule has 29 heavy (non-hydrogen) atoms. The molecule has 1 fully saturated rings. The number of piperidine rings is 1. The number of likely N-dealkylation sites (tertiary alicyclic amines) is 1. The Morgan fingerprint density at radius 1 is 1.21 bits per heavy atom. The van der Waals surface area contributed by atoms with E-state index in [9.17, 15) is 14.9 Å². The van der Waals surface area contributed by atoms with Crippen LogP contribution in [0.4, 0.5) is 0 Å². The molecule has 1 unspecified atom stereocenters. The largest absolute Gasteiger partial charge is 0.489 e. The van der Waals surface area contributed by atoms with E-state index in [-0.39, 0.29) is 24.4 Å². The molecule has 2 aromatic carbocycles. The second-order valence-corrected chi connectivity index (χ2v) is 6.93. The van der Waals surface area contributed by atoms with Crippen molar-refractivity contribution in [2.24, 2.45) is 5.92 Å². The number of hydrogen-bond donors (Lipinski definition) is 0. The molecule has 0 radical (unpaired) electrons. The van der Waals surface area contributed by atoms with Crippen LogP contribution >= 0.6 is 0 Å². The van der Waals surface area contributed by atoms with Gasteiger partial charge in [-0.15, -0.1) is 0 Å². The normalized spacial score (nSPS) is 16.0. The minimum atomic E-state index is -0.269. The van der Waals surface area contributed by atoms with Crippen LogP contribution in [0.25, 0.3) is 0 Å². The van der Waals surface area contributed by atoms with E-state index >= 15 is 0 Å². The van der Waals surface area contributed by atoms with E-state index in [0.29, 0.717) is 36.6 Å². The summed E-state index contributed by atoms with van der Waals surface area (Å²) in [5, 5.41) is 9.18. The van der Waals surface area contributed by atoms with Crippen LogP contribution in [0.5, 0.6) is 5.75 Å². The minimum absolute atomic E-state index is 0.123. The molecule has 1 atom stereocenters.